The SMILES string of the molecule is COc1ccc(/C(O)=C2/C(=O)C(=O)N(Cc3cccnc3)C2c2ccccc2)cc1OC. The lowest BCUT2D eigenvalue weighted by Gasteiger charge is -2.25. The zero-order chi connectivity index (χ0) is 22.7. The molecule has 1 N–H and O–H groups in total. The van der Waals surface area contributed by atoms with E-state index in [1.54, 1.807) is 36.7 Å². The second-order valence-corrected chi connectivity index (χ2v) is 7.27. The average molecular weight is 430 g/mol. The summed E-state index contributed by atoms with van der Waals surface area (Å²) in [7, 11) is 3.00. The molecule has 1 aliphatic heterocycles. The summed E-state index contributed by atoms with van der Waals surface area (Å²) >= 11 is 0. The van der Waals surface area contributed by atoms with Crippen molar-refractivity contribution in [1.29, 1.82) is 0 Å². The highest BCUT2D eigenvalue weighted by molar-refractivity contribution is 6.46. The van der Waals surface area contributed by atoms with Crippen molar-refractivity contribution in [3.63, 3.8) is 0 Å². The molecule has 32 heavy (non-hydrogen) atoms. The molecule has 1 fully saturated rings. The Hall–Kier alpha value is -4.13. The summed E-state index contributed by atoms with van der Waals surface area (Å²) in [5.74, 6) is -0.801. The summed E-state index contributed by atoms with van der Waals surface area (Å²) in [6.45, 7) is 0.181. The Morgan fingerprint density at radius 2 is 1.75 bits per heavy atom. The number of amides is 1. The van der Waals surface area contributed by atoms with Gasteiger partial charge in [0, 0.05) is 24.5 Å². The molecule has 1 saturated heterocycles. The number of nitrogens with zero attached hydrogens (tertiary/aromatic N) is 2. The summed E-state index contributed by atoms with van der Waals surface area (Å²) in [5.41, 5.74) is 1.87. The molecule has 0 saturated carbocycles. The van der Waals surface area contributed by atoms with Gasteiger partial charge in [0.2, 0.25) is 0 Å². The van der Waals surface area contributed by atoms with Crippen LogP contribution in [0.15, 0.2) is 78.6 Å². The lowest BCUT2D eigenvalue weighted by atomic mass is 9.95. The molecule has 1 atom stereocenters. The van der Waals surface area contributed by atoms with E-state index < -0.39 is 17.7 Å². The number of benzene rings is 2. The van der Waals surface area contributed by atoms with Crippen molar-refractivity contribution >= 4 is 17.4 Å². The highest BCUT2D eigenvalue weighted by Gasteiger charge is 2.46. The van der Waals surface area contributed by atoms with Gasteiger partial charge in [-0.15, -0.1) is 0 Å². The van der Waals surface area contributed by atoms with Crippen LogP contribution < -0.4 is 9.47 Å². The monoisotopic (exact) mass is 430 g/mol. The maximum absolute atomic E-state index is 13.1. The number of carbonyl (C=O) groups excluding carboxylic acids is 2. The first-order chi connectivity index (χ1) is 15.5. The van der Waals surface area contributed by atoms with Gasteiger partial charge >= 0.3 is 0 Å². The van der Waals surface area contributed by atoms with Gasteiger partial charge in [-0.05, 0) is 35.4 Å². The van der Waals surface area contributed by atoms with Gasteiger partial charge < -0.3 is 19.5 Å². The Bertz CT molecular complexity index is 1180. The third kappa shape index (κ3) is 3.80. The molecule has 0 aliphatic carbocycles. The summed E-state index contributed by atoms with van der Waals surface area (Å²) < 4.78 is 10.6. The van der Waals surface area contributed by atoms with Crippen molar-refractivity contribution in [1.82, 2.24) is 9.88 Å². The first kappa shape index (κ1) is 21.1. The number of rotatable bonds is 6. The van der Waals surface area contributed by atoms with Crippen LogP contribution in [0.5, 0.6) is 11.5 Å². The second kappa shape index (κ2) is 8.93. The molecule has 4 rings (SSSR count). The predicted molar refractivity (Wildman–Crippen MR) is 118 cm³/mol. The lowest BCUT2D eigenvalue weighted by Crippen LogP contribution is -2.29. The highest BCUT2D eigenvalue weighted by Crippen LogP contribution is 2.41. The maximum Gasteiger partial charge on any atom is 0.295 e. The fourth-order valence-electron chi connectivity index (χ4n) is 3.85. The lowest BCUT2D eigenvalue weighted by molar-refractivity contribution is -0.140. The van der Waals surface area contributed by atoms with Gasteiger partial charge in [-0.1, -0.05) is 36.4 Å². The van der Waals surface area contributed by atoms with E-state index in [0.29, 0.717) is 17.1 Å². The standard InChI is InChI=1S/C25H22N2O5/c1-31-19-11-10-18(13-20(19)32-2)23(28)21-22(17-8-4-3-5-9-17)27(25(30)24(21)29)15-16-7-6-12-26-14-16/h3-14,22,28H,15H2,1-2H3/b23-21-. The van der Waals surface area contributed by atoms with Crippen LogP contribution in [-0.2, 0) is 16.1 Å². The van der Waals surface area contributed by atoms with Crippen LogP contribution >= 0.6 is 0 Å². The summed E-state index contributed by atoms with van der Waals surface area (Å²) in [6.07, 6.45) is 3.29. The second-order valence-electron chi connectivity index (χ2n) is 7.27. The van der Waals surface area contributed by atoms with Crippen molar-refractivity contribution in [3.05, 3.63) is 95.3 Å². The van der Waals surface area contributed by atoms with Gasteiger partial charge in [-0.25, -0.2) is 0 Å². The number of ether oxygens (including phenoxy) is 2. The molecule has 1 aliphatic rings. The Balaban J connectivity index is 1.85. The highest BCUT2D eigenvalue weighted by atomic mass is 16.5. The summed E-state index contributed by atoms with van der Waals surface area (Å²) in [4.78, 5) is 31.7. The van der Waals surface area contributed by atoms with E-state index in [4.69, 9.17) is 9.47 Å². The van der Waals surface area contributed by atoms with Gasteiger partial charge in [-0.2, -0.15) is 0 Å². The van der Waals surface area contributed by atoms with Crippen molar-refractivity contribution < 1.29 is 24.2 Å². The van der Waals surface area contributed by atoms with Crippen LogP contribution in [0.3, 0.4) is 0 Å². The number of aliphatic hydroxyl groups excluding tert-OH is 1. The third-order valence-corrected chi connectivity index (χ3v) is 5.39. The number of aromatic nitrogens is 1. The van der Waals surface area contributed by atoms with E-state index in [2.05, 4.69) is 4.98 Å². The van der Waals surface area contributed by atoms with Crippen molar-refractivity contribution in [2.45, 2.75) is 12.6 Å². The molecule has 1 amide bonds. The number of pyridine rings is 1. The van der Waals surface area contributed by atoms with Crippen molar-refractivity contribution in [3.8, 4) is 11.5 Å². The first-order valence-electron chi connectivity index (χ1n) is 9.99. The van der Waals surface area contributed by atoms with E-state index in [9.17, 15) is 14.7 Å². The molecular formula is C25H22N2O5. The number of carbonyl (C=O) groups is 2. The maximum atomic E-state index is 13.1. The van der Waals surface area contributed by atoms with Crippen LogP contribution in [0.1, 0.15) is 22.7 Å². The normalized spacial score (nSPS) is 17.4. The average Bonchev–Trinajstić information content (AvgIpc) is 3.09. The van der Waals surface area contributed by atoms with Crippen molar-refractivity contribution in [2.24, 2.45) is 0 Å². The van der Waals surface area contributed by atoms with Gasteiger partial charge in [0.1, 0.15) is 5.76 Å². The molecule has 162 valence electrons. The molecule has 2 aromatic carbocycles. The fourth-order valence-corrected chi connectivity index (χ4v) is 3.85. The summed E-state index contributed by atoms with van der Waals surface area (Å²) in [5, 5.41) is 11.2. The van der Waals surface area contributed by atoms with Crippen LogP contribution in [-0.4, -0.2) is 40.9 Å². The van der Waals surface area contributed by atoms with E-state index in [0.717, 1.165) is 11.1 Å². The number of hydrogen-bond acceptors (Lipinski definition) is 6. The molecule has 1 unspecified atom stereocenters. The van der Waals surface area contributed by atoms with Gasteiger partial charge in [0.25, 0.3) is 11.7 Å². The first-order valence-corrected chi connectivity index (χ1v) is 9.99. The molecule has 7 nitrogen and oxygen atoms in total. The number of hydrogen-bond donors (Lipinski definition) is 1. The Kier molecular flexibility index (Phi) is 5.89. The fraction of sp³-hybridized carbons (Fsp3) is 0.160. The Labute approximate surface area is 185 Å². The number of Topliss-reactive ketones (excluding diaryl/α,β-unsaturated/α-hetero) is 1. The largest absolute Gasteiger partial charge is 0.507 e. The molecule has 0 bridgehead atoms. The molecule has 0 spiro atoms. The smallest absolute Gasteiger partial charge is 0.295 e. The van der Waals surface area contributed by atoms with E-state index in [1.165, 1.54) is 19.1 Å². The number of aliphatic hydroxyl groups is 1. The number of likely N-dealkylation sites (tertiary alicyclic amines) is 1. The Morgan fingerprint density at radius 1 is 1.00 bits per heavy atom. The van der Waals surface area contributed by atoms with Crippen LogP contribution in [0.2, 0.25) is 0 Å². The predicted octanol–water partition coefficient (Wildman–Crippen LogP) is 3.72. The molecule has 2 heterocycles. The van der Waals surface area contributed by atoms with Crippen LogP contribution in [0.25, 0.3) is 5.76 Å². The van der Waals surface area contributed by atoms with Crippen LogP contribution in [0, 0.1) is 0 Å². The van der Waals surface area contributed by atoms with Gasteiger partial charge in [-0.3, -0.25) is 14.6 Å². The van der Waals surface area contributed by atoms with E-state index >= 15 is 0 Å². The summed E-state index contributed by atoms with van der Waals surface area (Å²) in [6, 6.07) is 16.9. The molecule has 1 aromatic heterocycles. The minimum Gasteiger partial charge on any atom is -0.507 e. The van der Waals surface area contributed by atoms with E-state index in [-0.39, 0.29) is 17.9 Å². The molecule has 7 heteroatoms. The van der Waals surface area contributed by atoms with E-state index in [1.807, 2.05) is 36.4 Å². The topological polar surface area (TPSA) is 89.0 Å². The quantitative estimate of drug-likeness (QED) is 0.364. The zero-order valence-electron chi connectivity index (χ0n) is 17.7. The van der Waals surface area contributed by atoms with Gasteiger partial charge in [0.15, 0.2) is 11.5 Å². The Morgan fingerprint density at radius 3 is 2.41 bits per heavy atom. The van der Waals surface area contributed by atoms with Crippen LogP contribution in [0.4, 0.5) is 0 Å². The van der Waals surface area contributed by atoms with Crippen molar-refractivity contribution in [2.75, 3.05) is 14.2 Å². The zero-order valence-corrected chi connectivity index (χ0v) is 17.7. The minimum absolute atomic E-state index is 0.0253. The molecule has 0 radical (unpaired) electrons. The minimum atomic E-state index is -0.746. The third-order valence-electron chi connectivity index (χ3n) is 5.39. The number of methoxy groups -OCH3 is 2. The molecular weight excluding hydrogens is 408 g/mol. The van der Waals surface area contributed by atoms with Gasteiger partial charge in [0.05, 0.1) is 25.8 Å². The number of ketones is 1. The molecule has 3 aromatic rings.